The van der Waals surface area contributed by atoms with E-state index in [-0.39, 0.29) is 30.0 Å². The smallest absolute Gasteiger partial charge is 0.191 e. The van der Waals surface area contributed by atoms with Crippen LogP contribution in [0.1, 0.15) is 31.4 Å². The molecule has 0 bridgehead atoms. The summed E-state index contributed by atoms with van der Waals surface area (Å²) in [5.74, 6) is 1.76. The highest BCUT2D eigenvalue weighted by molar-refractivity contribution is 14.0. The number of nitrogens with zero attached hydrogens (tertiary/aromatic N) is 2. The number of methoxy groups -OCH3 is 1. The van der Waals surface area contributed by atoms with Gasteiger partial charge in [0.15, 0.2) is 5.96 Å². The maximum absolute atomic E-state index is 5.49. The Balaban J connectivity index is 0.00000484. The molecule has 2 N–H and O–H groups in total. The Kier molecular flexibility index (Phi) is 11.9. The number of aliphatic imine (C=N–C) groups is 1. The van der Waals surface area contributed by atoms with Gasteiger partial charge in [0.25, 0.3) is 0 Å². The van der Waals surface area contributed by atoms with Gasteiger partial charge >= 0.3 is 0 Å². The summed E-state index contributed by atoms with van der Waals surface area (Å²) in [7, 11) is 7.66. The number of guanidine groups is 1. The third-order valence-corrected chi connectivity index (χ3v) is 3.63. The van der Waals surface area contributed by atoms with Crippen molar-refractivity contribution in [3.05, 3.63) is 29.8 Å². The van der Waals surface area contributed by atoms with Gasteiger partial charge in [-0.15, -0.1) is 24.0 Å². The summed E-state index contributed by atoms with van der Waals surface area (Å²) in [5, 5.41) is 6.74. The quantitative estimate of drug-likeness (QED) is 0.286. The molecule has 6 heteroatoms. The molecule has 0 saturated carbocycles. The number of benzene rings is 1. The average Bonchev–Trinajstić information content (AvgIpc) is 2.53. The molecule has 1 unspecified atom stereocenters. The Morgan fingerprint density at radius 1 is 1.26 bits per heavy atom. The lowest BCUT2D eigenvalue weighted by Gasteiger charge is -2.27. The van der Waals surface area contributed by atoms with Crippen LogP contribution >= 0.6 is 24.0 Å². The van der Waals surface area contributed by atoms with E-state index in [4.69, 9.17) is 4.74 Å². The zero-order chi connectivity index (χ0) is 16.4. The summed E-state index contributed by atoms with van der Waals surface area (Å²) in [6, 6.07) is 8.36. The van der Waals surface area contributed by atoms with Crippen molar-refractivity contribution in [3.63, 3.8) is 0 Å². The molecule has 1 atom stereocenters. The van der Waals surface area contributed by atoms with Gasteiger partial charge in [0.2, 0.25) is 0 Å². The highest BCUT2D eigenvalue weighted by atomic mass is 127. The summed E-state index contributed by atoms with van der Waals surface area (Å²) >= 11 is 0. The van der Waals surface area contributed by atoms with Crippen LogP contribution < -0.4 is 15.4 Å². The van der Waals surface area contributed by atoms with Crippen molar-refractivity contribution < 1.29 is 4.74 Å². The number of nitrogens with one attached hydrogen (secondary N) is 2. The lowest BCUT2D eigenvalue weighted by molar-refractivity contribution is 0.287. The first-order valence-corrected chi connectivity index (χ1v) is 7.87. The Morgan fingerprint density at radius 3 is 2.52 bits per heavy atom. The van der Waals surface area contributed by atoms with Crippen molar-refractivity contribution in [3.8, 4) is 5.75 Å². The molecule has 0 saturated heterocycles. The highest BCUT2D eigenvalue weighted by Crippen LogP contribution is 2.27. The van der Waals surface area contributed by atoms with E-state index in [1.165, 1.54) is 12.0 Å². The zero-order valence-corrected chi connectivity index (χ0v) is 17.3. The summed E-state index contributed by atoms with van der Waals surface area (Å²) in [4.78, 5) is 6.46. The van der Waals surface area contributed by atoms with E-state index in [0.29, 0.717) is 0 Å². The first kappa shape index (κ1) is 22.0. The standard InChI is InChI=1S/C17H30N4O.HI/c1-6-7-12-19-17(18-2)20-13-15(21(3)4)14-10-8-9-11-16(14)22-5;/h8-11,15H,6-7,12-13H2,1-5H3,(H2,18,19,20);1H. The van der Waals surface area contributed by atoms with Crippen molar-refractivity contribution in [2.24, 2.45) is 4.99 Å². The number of likely N-dealkylation sites (N-methyl/N-ethyl adjacent to an activating group) is 1. The van der Waals surface area contributed by atoms with Gasteiger partial charge in [0.1, 0.15) is 5.75 Å². The van der Waals surface area contributed by atoms with Gasteiger partial charge in [-0.3, -0.25) is 4.99 Å². The van der Waals surface area contributed by atoms with Crippen LogP contribution in [0.15, 0.2) is 29.3 Å². The second kappa shape index (κ2) is 12.4. The van der Waals surface area contributed by atoms with E-state index >= 15 is 0 Å². The molecule has 0 fully saturated rings. The minimum atomic E-state index is 0. The third kappa shape index (κ3) is 7.39. The fourth-order valence-corrected chi connectivity index (χ4v) is 2.31. The third-order valence-electron chi connectivity index (χ3n) is 3.63. The summed E-state index contributed by atoms with van der Waals surface area (Å²) in [5.41, 5.74) is 1.17. The molecule has 0 aliphatic rings. The number of para-hydroxylation sites is 1. The summed E-state index contributed by atoms with van der Waals surface area (Å²) in [6.45, 7) is 3.89. The molecule has 0 aliphatic heterocycles. The molecule has 1 aromatic carbocycles. The Labute approximate surface area is 157 Å². The van der Waals surface area contributed by atoms with Gasteiger partial charge in [0.05, 0.1) is 13.2 Å². The number of rotatable bonds is 8. The van der Waals surface area contributed by atoms with Crippen LogP contribution in [-0.4, -0.2) is 52.2 Å². The van der Waals surface area contributed by atoms with Crippen LogP contribution in [-0.2, 0) is 0 Å². The maximum atomic E-state index is 5.49. The van der Waals surface area contributed by atoms with Crippen LogP contribution in [0.5, 0.6) is 5.75 Å². The minimum Gasteiger partial charge on any atom is -0.496 e. The topological polar surface area (TPSA) is 48.9 Å². The van der Waals surface area contributed by atoms with E-state index in [0.717, 1.165) is 31.2 Å². The molecule has 0 aliphatic carbocycles. The van der Waals surface area contributed by atoms with E-state index in [1.807, 2.05) is 18.2 Å². The van der Waals surface area contributed by atoms with Crippen molar-refractivity contribution in [2.75, 3.05) is 41.3 Å². The van der Waals surface area contributed by atoms with Crippen molar-refractivity contribution in [1.82, 2.24) is 15.5 Å². The SMILES string of the molecule is CCCCNC(=NC)NCC(c1ccccc1OC)N(C)C.I. The van der Waals surface area contributed by atoms with Crippen LogP contribution in [0.25, 0.3) is 0 Å². The molecule has 0 heterocycles. The van der Waals surface area contributed by atoms with Gasteiger partial charge in [-0.25, -0.2) is 0 Å². The molecular weight excluding hydrogens is 403 g/mol. The van der Waals surface area contributed by atoms with Gasteiger partial charge in [0, 0.05) is 25.7 Å². The first-order valence-electron chi connectivity index (χ1n) is 7.87. The number of halogens is 1. The molecule has 0 amide bonds. The second-order valence-corrected chi connectivity index (χ2v) is 5.45. The van der Waals surface area contributed by atoms with E-state index in [2.05, 4.69) is 47.6 Å². The monoisotopic (exact) mass is 434 g/mol. The fourth-order valence-electron chi connectivity index (χ4n) is 2.31. The van der Waals surface area contributed by atoms with Crippen molar-refractivity contribution in [2.45, 2.75) is 25.8 Å². The molecule has 5 nitrogen and oxygen atoms in total. The summed E-state index contributed by atoms with van der Waals surface area (Å²) in [6.07, 6.45) is 2.32. The van der Waals surface area contributed by atoms with E-state index < -0.39 is 0 Å². The highest BCUT2D eigenvalue weighted by Gasteiger charge is 2.18. The normalized spacial score (nSPS) is 12.5. The van der Waals surface area contributed by atoms with Crippen LogP contribution in [0.2, 0.25) is 0 Å². The van der Waals surface area contributed by atoms with Crippen molar-refractivity contribution in [1.29, 1.82) is 0 Å². The number of hydrogen-bond acceptors (Lipinski definition) is 3. The van der Waals surface area contributed by atoms with Crippen LogP contribution in [0.4, 0.5) is 0 Å². The predicted molar refractivity (Wildman–Crippen MR) is 109 cm³/mol. The van der Waals surface area contributed by atoms with Crippen LogP contribution in [0, 0.1) is 0 Å². The Bertz CT molecular complexity index is 466. The number of ether oxygens (including phenoxy) is 1. The average molecular weight is 434 g/mol. The minimum absolute atomic E-state index is 0. The largest absolute Gasteiger partial charge is 0.496 e. The molecule has 1 aromatic rings. The van der Waals surface area contributed by atoms with Crippen molar-refractivity contribution >= 4 is 29.9 Å². The Hall–Kier alpha value is -1.02. The lowest BCUT2D eigenvalue weighted by atomic mass is 10.0. The molecule has 1 rings (SSSR count). The lowest BCUT2D eigenvalue weighted by Crippen LogP contribution is -2.42. The molecule has 23 heavy (non-hydrogen) atoms. The molecule has 0 radical (unpaired) electrons. The molecule has 0 spiro atoms. The molecule has 132 valence electrons. The molecular formula is C17H31IN4O. The predicted octanol–water partition coefficient (Wildman–Crippen LogP) is 2.88. The zero-order valence-electron chi connectivity index (χ0n) is 14.9. The van der Waals surface area contributed by atoms with Gasteiger partial charge in [-0.1, -0.05) is 31.5 Å². The molecule has 0 aromatic heterocycles. The van der Waals surface area contributed by atoms with Gasteiger partial charge in [-0.05, 0) is 26.6 Å². The van der Waals surface area contributed by atoms with E-state index in [9.17, 15) is 0 Å². The maximum Gasteiger partial charge on any atom is 0.191 e. The van der Waals surface area contributed by atoms with E-state index in [1.54, 1.807) is 14.2 Å². The van der Waals surface area contributed by atoms with Gasteiger partial charge in [-0.2, -0.15) is 0 Å². The fraction of sp³-hybridized carbons (Fsp3) is 0.588. The number of hydrogen-bond donors (Lipinski definition) is 2. The first-order chi connectivity index (χ1) is 10.6. The Morgan fingerprint density at radius 2 is 1.96 bits per heavy atom. The van der Waals surface area contributed by atoms with Gasteiger partial charge < -0.3 is 20.3 Å². The second-order valence-electron chi connectivity index (χ2n) is 5.45. The van der Waals surface area contributed by atoms with Crippen LogP contribution in [0.3, 0.4) is 0 Å². The summed E-state index contributed by atoms with van der Waals surface area (Å²) < 4.78 is 5.49. The number of unbranched alkanes of at least 4 members (excludes halogenated alkanes) is 1.